The second kappa shape index (κ2) is 8.96. The Hall–Kier alpha value is -3.22. The molecule has 0 amide bonds. The Morgan fingerprint density at radius 2 is 1.82 bits per heavy atom. The molecule has 4 aromatic rings. The number of aryl methyl sites for hydroxylation is 3. The molecule has 4 heterocycles. The van der Waals surface area contributed by atoms with Gasteiger partial charge in [-0.1, -0.05) is 12.1 Å². The van der Waals surface area contributed by atoms with Gasteiger partial charge in [0.1, 0.15) is 5.82 Å². The normalized spacial score (nSPS) is 16.1. The second-order valence-corrected chi connectivity index (χ2v) is 9.04. The SMILES string of the molecule is Cc1cc(-c2[nH]c3cc(-c4ccc(N5CC[C@@H](NCCO)C5)nc4)ccc3c2C)cc(C)n1. The van der Waals surface area contributed by atoms with Crippen molar-refractivity contribution in [3.8, 4) is 22.4 Å². The Kier molecular flexibility index (Phi) is 5.87. The number of nitrogens with zero attached hydrogens (tertiary/aromatic N) is 3. The maximum Gasteiger partial charge on any atom is 0.128 e. The smallest absolute Gasteiger partial charge is 0.128 e. The quantitative estimate of drug-likeness (QED) is 0.414. The van der Waals surface area contributed by atoms with E-state index in [1.54, 1.807) is 0 Å². The van der Waals surface area contributed by atoms with E-state index in [1.807, 2.05) is 20.0 Å². The molecule has 1 aromatic carbocycles. The summed E-state index contributed by atoms with van der Waals surface area (Å²) in [6, 6.07) is 15.6. The van der Waals surface area contributed by atoms with E-state index >= 15 is 0 Å². The van der Waals surface area contributed by atoms with Gasteiger partial charge in [0.15, 0.2) is 0 Å². The molecule has 6 heteroatoms. The molecule has 0 spiro atoms. The van der Waals surface area contributed by atoms with Crippen LogP contribution in [0.5, 0.6) is 0 Å². The predicted octanol–water partition coefficient (Wildman–Crippen LogP) is 4.38. The van der Waals surface area contributed by atoms with Crippen LogP contribution in [0.2, 0.25) is 0 Å². The van der Waals surface area contributed by atoms with E-state index in [9.17, 15) is 0 Å². The summed E-state index contributed by atoms with van der Waals surface area (Å²) in [5.74, 6) is 1.01. The van der Waals surface area contributed by atoms with E-state index in [1.165, 1.54) is 16.5 Å². The highest BCUT2D eigenvalue weighted by Crippen LogP contribution is 2.33. The maximum atomic E-state index is 9.02. The first-order chi connectivity index (χ1) is 16.0. The number of pyridine rings is 2. The summed E-state index contributed by atoms with van der Waals surface area (Å²) >= 11 is 0. The second-order valence-electron chi connectivity index (χ2n) is 9.04. The molecule has 33 heavy (non-hydrogen) atoms. The van der Waals surface area contributed by atoms with Gasteiger partial charge in [-0.2, -0.15) is 0 Å². The molecular formula is C27H31N5O. The maximum absolute atomic E-state index is 9.02. The number of hydrogen-bond donors (Lipinski definition) is 3. The molecule has 0 unspecified atom stereocenters. The summed E-state index contributed by atoms with van der Waals surface area (Å²) in [6.45, 7) is 8.99. The summed E-state index contributed by atoms with van der Waals surface area (Å²) < 4.78 is 0. The largest absolute Gasteiger partial charge is 0.395 e. The van der Waals surface area contributed by atoms with Crippen LogP contribution in [0.1, 0.15) is 23.4 Å². The first kappa shape index (κ1) is 21.6. The van der Waals surface area contributed by atoms with E-state index < -0.39 is 0 Å². The van der Waals surface area contributed by atoms with Crippen LogP contribution in [0, 0.1) is 20.8 Å². The molecule has 1 aliphatic rings. The van der Waals surface area contributed by atoms with E-state index in [0.717, 1.165) is 59.1 Å². The first-order valence-corrected chi connectivity index (χ1v) is 11.7. The van der Waals surface area contributed by atoms with Crippen LogP contribution in [-0.2, 0) is 0 Å². The number of aromatic amines is 1. The molecule has 1 fully saturated rings. The molecule has 1 aliphatic heterocycles. The first-order valence-electron chi connectivity index (χ1n) is 11.7. The number of anilines is 1. The number of rotatable bonds is 6. The van der Waals surface area contributed by atoms with Crippen molar-refractivity contribution >= 4 is 16.7 Å². The van der Waals surface area contributed by atoms with Crippen LogP contribution in [-0.4, -0.2) is 52.3 Å². The fourth-order valence-electron chi connectivity index (χ4n) is 4.93. The van der Waals surface area contributed by atoms with Crippen molar-refractivity contribution < 1.29 is 5.11 Å². The number of hydrogen-bond acceptors (Lipinski definition) is 5. The van der Waals surface area contributed by atoms with Gasteiger partial charge in [-0.05, 0) is 68.7 Å². The van der Waals surface area contributed by atoms with Crippen molar-refractivity contribution in [1.82, 2.24) is 20.3 Å². The highest BCUT2D eigenvalue weighted by atomic mass is 16.3. The standard InChI is InChI=1S/C27H31N5O/c1-17-12-22(13-18(2)30-17)27-19(3)24-6-4-20(14-25(24)31-27)21-5-7-26(29-15-21)32-10-8-23(16-32)28-9-11-33/h4-7,12-15,23,28,31,33H,8-11,16H2,1-3H3/t23-/m1/s1. The average Bonchev–Trinajstić information content (AvgIpc) is 3.41. The summed E-state index contributed by atoms with van der Waals surface area (Å²) in [7, 11) is 0. The number of aliphatic hydroxyl groups is 1. The van der Waals surface area contributed by atoms with Crippen LogP contribution in [0.4, 0.5) is 5.82 Å². The van der Waals surface area contributed by atoms with E-state index in [-0.39, 0.29) is 6.61 Å². The number of nitrogens with one attached hydrogen (secondary N) is 2. The summed E-state index contributed by atoms with van der Waals surface area (Å²) in [6.07, 6.45) is 3.04. The fraction of sp³-hybridized carbons (Fsp3) is 0.333. The van der Waals surface area contributed by atoms with E-state index in [2.05, 4.69) is 69.6 Å². The zero-order valence-electron chi connectivity index (χ0n) is 19.5. The molecule has 0 saturated carbocycles. The number of benzene rings is 1. The van der Waals surface area contributed by atoms with Crippen molar-refractivity contribution in [3.05, 3.63) is 65.6 Å². The Balaban J connectivity index is 1.39. The minimum atomic E-state index is 0.178. The summed E-state index contributed by atoms with van der Waals surface area (Å²) in [5.41, 5.74) is 9.05. The van der Waals surface area contributed by atoms with Gasteiger partial charge in [0.25, 0.3) is 0 Å². The predicted molar refractivity (Wildman–Crippen MR) is 135 cm³/mol. The Morgan fingerprint density at radius 3 is 2.55 bits per heavy atom. The van der Waals surface area contributed by atoms with Crippen molar-refractivity contribution in [3.63, 3.8) is 0 Å². The monoisotopic (exact) mass is 441 g/mol. The third kappa shape index (κ3) is 4.36. The van der Waals surface area contributed by atoms with Crippen LogP contribution in [0.15, 0.2) is 48.7 Å². The Bertz CT molecular complexity index is 1260. The van der Waals surface area contributed by atoms with E-state index in [4.69, 9.17) is 10.1 Å². The molecule has 1 saturated heterocycles. The lowest BCUT2D eigenvalue weighted by Crippen LogP contribution is -2.34. The topological polar surface area (TPSA) is 77.1 Å². The molecule has 6 nitrogen and oxygen atoms in total. The third-order valence-electron chi connectivity index (χ3n) is 6.57. The van der Waals surface area contributed by atoms with E-state index in [0.29, 0.717) is 12.6 Å². The molecule has 5 rings (SSSR count). The lowest BCUT2D eigenvalue weighted by molar-refractivity contribution is 0.286. The van der Waals surface area contributed by atoms with Gasteiger partial charge in [0.05, 0.1) is 6.61 Å². The van der Waals surface area contributed by atoms with Gasteiger partial charge in [-0.3, -0.25) is 4.98 Å². The minimum absolute atomic E-state index is 0.178. The molecule has 3 N–H and O–H groups in total. The number of aliphatic hydroxyl groups excluding tert-OH is 1. The highest BCUT2D eigenvalue weighted by molar-refractivity contribution is 5.93. The zero-order chi connectivity index (χ0) is 22.9. The Morgan fingerprint density at radius 1 is 1.03 bits per heavy atom. The highest BCUT2D eigenvalue weighted by Gasteiger charge is 2.22. The number of H-pyrrole nitrogens is 1. The molecule has 170 valence electrons. The molecule has 3 aromatic heterocycles. The van der Waals surface area contributed by atoms with Gasteiger partial charge >= 0.3 is 0 Å². The van der Waals surface area contributed by atoms with Gasteiger partial charge in [0, 0.05) is 71.0 Å². The lowest BCUT2D eigenvalue weighted by Gasteiger charge is -2.18. The molecule has 0 radical (unpaired) electrons. The van der Waals surface area contributed by atoms with Crippen LogP contribution in [0.3, 0.4) is 0 Å². The third-order valence-corrected chi connectivity index (χ3v) is 6.57. The number of aromatic nitrogens is 3. The van der Waals surface area contributed by atoms with Crippen molar-refractivity contribution in [2.75, 3.05) is 31.1 Å². The minimum Gasteiger partial charge on any atom is -0.395 e. The molecular weight excluding hydrogens is 410 g/mol. The van der Waals surface area contributed by atoms with Crippen molar-refractivity contribution in [2.24, 2.45) is 0 Å². The van der Waals surface area contributed by atoms with Gasteiger partial charge in [-0.15, -0.1) is 0 Å². The zero-order valence-corrected chi connectivity index (χ0v) is 19.5. The van der Waals surface area contributed by atoms with Gasteiger partial charge < -0.3 is 20.3 Å². The molecule has 0 aliphatic carbocycles. The van der Waals surface area contributed by atoms with Gasteiger partial charge in [0.2, 0.25) is 0 Å². The van der Waals surface area contributed by atoms with Crippen LogP contribution in [0.25, 0.3) is 33.3 Å². The lowest BCUT2D eigenvalue weighted by atomic mass is 10.0. The number of fused-ring (bicyclic) bond motifs is 1. The summed E-state index contributed by atoms with van der Waals surface area (Å²) in [5, 5.41) is 13.6. The average molecular weight is 442 g/mol. The Labute approximate surface area is 194 Å². The molecule has 0 bridgehead atoms. The molecule has 1 atom stereocenters. The fourth-order valence-corrected chi connectivity index (χ4v) is 4.93. The van der Waals surface area contributed by atoms with Crippen LogP contribution >= 0.6 is 0 Å². The van der Waals surface area contributed by atoms with Gasteiger partial charge in [-0.25, -0.2) is 4.98 Å². The van der Waals surface area contributed by atoms with Crippen LogP contribution < -0.4 is 10.2 Å². The van der Waals surface area contributed by atoms with Crippen molar-refractivity contribution in [1.29, 1.82) is 0 Å². The summed E-state index contributed by atoms with van der Waals surface area (Å²) in [4.78, 5) is 15.2. The van der Waals surface area contributed by atoms with Crippen molar-refractivity contribution in [2.45, 2.75) is 33.2 Å².